The van der Waals surface area contributed by atoms with Crippen LogP contribution in [0, 0.1) is 0 Å². The molecular weight excluding hydrogens is 371 g/mol. The number of benzene rings is 1. The molecule has 1 atom stereocenters. The second kappa shape index (κ2) is 11.8. The molecule has 150 valence electrons. The van der Waals surface area contributed by atoms with Gasteiger partial charge in [0.1, 0.15) is 6.04 Å². The van der Waals surface area contributed by atoms with Gasteiger partial charge in [0.2, 0.25) is 5.91 Å². The van der Waals surface area contributed by atoms with Crippen molar-refractivity contribution in [3.05, 3.63) is 35.9 Å². The van der Waals surface area contributed by atoms with E-state index in [4.69, 9.17) is 5.73 Å². The van der Waals surface area contributed by atoms with E-state index in [1.165, 1.54) is 0 Å². The monoisotopic (exact) mass is 404 g/mol. The van der Waals surface area contributed by atoms with Crippen molar-refractivity contribution in [2.45, 2.75) is 38.3 Å². The third-order valence-corrected chi connectivity index (χ3v) is 5.29. The van der Waals surface area contributed by atoms with Crippen LogP contribution >= 0.6 is 24.8 Å². The van der Waals surface area contributed by atoms with E-state index in [1.807, 2.05) is 30.3 Å². The zero-order valence-corrected chi connectivity index (χ0v) is 17.7. The van der Waals surface area contributed by atoms with Gasteiger partial charge in [-0.1, -0.05) is 44.2 Å². The molecule has 0 aromatic heterocycles. The molecule has 1 heterocycles. The van der Waals surface area contributed by atoms with Crippen molar-refractivity contribution in [1.29, 1.82) is 0 Å². The van der Waals surface area contributed by atoms with Gasteiger partial charge in [-0.3, -0.25) is 9.69 Å². The number of amides is 1. The van der Waals surface area contributed by atoms with Crippen LogP contribution in [0.2, 0.25) is 0 Å². The first-order chi connectivity index (χ1) is 11.5. The second-order valence-electron chi connectivity index (χ2n) is 6.94. The standard InChI is InChI=1S/C19H32N4O.2ClH/c1-4-19(20,5-2)15-21-18(24)17(16-9-7-6-8-10-16)23-13-11-22(3)12-14-23;;/h6-10,17H,4-5,11-15,20H2,1-3H3,(H,21,24);2*1H. The number of nitrogens with zero attached hydrogens (tertiary/aromatic N) is 2. The Morgan fingerprint density at radius 1 is 1.12 bits per heavy atom. The molecule has 1 amide bonds. The van der Waals surface area contributed by atoms with Gasteiger partial charge in [0.05, 0.1) is 0 Å². The lowest BCUT2D eigenvalue weighted by atomic mass is 9.94. The van der Waals surface area contributed by atoms with Crippen LogP contribution in [-0.4, -0.2) is 61.0 Å². The number of hydrogen-bond donors (Lipinski definition) is 2. The van der Waals surface area contributed by atoms with Gasteiger partial charge in [-0.05, 0) is 25.5 Å². The van der Waals surface area contributed by atoms with Crippen LogP contribution in [0.3, 0.4) is 0 Å². The molecule has 2 rings (SSSR count). The molecule has 1 aromatic carbocycles. The predicted molar refractivity (Wildman–Crippen MR) is 113 cm³/mol. The summed E-state index contributed by atoms with van der Waals surface area (Å²) in [5.74, 6) is 0.0579. The molecule has 0 radical (unpaired) electrons. The Bertz CT molecular complexity index is 518. The number of hydrogen-bond acceptors (Lipinski definition) is 4. The highest BCUT2D eigenvalue weighted by Crippen LogP contribution is 2.22. The van der Waals surface area contributed by atoms with Crippen LogP contribution in [0.4, 0.5) is 0 Å². The molecule has 0 aliphatic carbocycles. The van der Waals surface area contributed by atoms with E-state index in [0.717, 1.165) is 44.6 Å². The Hall–Kier alpha value is -0.850. The number of nitrogens with two attached hydrogens (primary N) is 1. The first-order valence-electron chi connectivity index (χ1n) is 9.03. The van der Waals surface area contributed by atoms with Gasteiger partial charge in [-0.25, -0.2) is 0 Å². The minimum absolute atomic E-state index is 0. The molecule has 1 aliphatic heterocycles. The molecule has 26 heavy (non-hydrogen) atoms. The van der Waals surface area contributed by atoms with E-state index >= 15 is 0 Å². The fraction of sp³-hybridized carbons (Fsp3) is 0.632. The summed E-state index contributed by atoms with van der Waals surface area (Å²) in [7, 11) is 2.13. The van der Waals surface area contributed by atoms with E-state index in [9.17, 15) is 4.79 Å². The number of carbonyl (C=O) groups excluding carboxylic acids is 1. The molecule has 1 saturated heterocycles. The lowest BCUT2D eigenvalue weighted by molar-refractivity contribution is -0.127. The van der Waals surface area contributed by atoms with Crippen molar-refractivity contribution in [1.82, 2.24) is 15.1 Å². The lowest BCUT2D eigenvalue weighted by Crippen LogP contribution is -2.53. The smallest absolute Gasteiger partial charge is 0.242 e. The molecule has 1 unspecified atom stereocenters. The van der Waals surface area contributed by atoms with Crippen molar-refractivity contribution in [3.8, 4) is 0 Å². The average molecular weight is 405 g/mol. The molecule has 7 heteroatoms. The SMILES string of the molecule is CCC(N)(CC)CNC(=O)C(c1ccccc1)N1CCN(C)CC1.Cl.Cl. The van der Waals surface area contributed by atoms with Crippen LogP contribution in [0.1, 0.15) is 38.3 Å². The highest BCUT2D eigenvalue weighted by atomic mass is 35.5. The van der Waals surface area contributed by atoms with Crippen molar-refractivity contribution in [2.24, 2.45) is 5.73 Å². The molecule has 0 bridgehead atoms. The van der Waals surface area contributed by atoms with Gasteiger partial charge in [0.15, 0.2) is 0 Å². The maximum absolute atomic E-state index is 13.0. The number of rotatable bonds is 7. The summed E-state index contributed by atoms with van der Waals surface area (Å²) in [6.45, 7) is 8.45. The summed E-state index contributed by atoms with van der Waals surface area (Å²) in [4.78, 5) is 17.6. The summed E-state index contributed by atoms with van der Waals surface area (Å²) in [6, 6.07) is 9.82. The van der Waals surface area contributed by atoms with Crippen molar-refractivity contribution < 1.29 is 4.79 Å². The van der Waals surface area contributed by atoms with E-state index < -0.39 is 0 Å². The van der Waals surface area contributed by atoms with Crippen LogP contribution in [-0.2, 0) is 4.79 Å². The number of halogens is 2. The Morgan fingerprint density at radius 2 is 1.65 bits per heavy atom. The van der Waals surface area contributed by atoms with Crippen molar-refractivity contribution >= 4 is 30.7 Å². The van der Waals surface area contributed by atoms with Crippen LogP contribution < -0.4 is 11.1 Å². The van der Waals surface area contributed by atoms with Gasteiger partial charge in [-0.15, -0.1) is 24.8 Å². The summed E-state index contributed by atoms with van der Waals surface area (Å²) in [5.41, 5.74) is 7.08. The molecule has 1 fully saturated rings. The summed E-state index contributed by atoms with van der Waals surface area (Å²) in [5, 5.41) is 3.11. The Balaban J connectivity index is 0.00000312. The maximum atomic E-state index is 13.0. The number of nitrogens with one attached hydrogen (secondary N) is 1. The second-order valence-corrected chi connectivity index (χ2v) is 6.94. The number of likely N-dealkylation sites (N-methyl/N-ethyl adjacent to an activating group) is 1. The first-order valence-corrected chi connectivity index (χ1v) is 9.03. The molecule has 0 saturated carbocycles. The predicted octanol–water partition coefficient (Wildman–Crippen LogP) is 2.45. The fourth-order valence-electron chi connectivity index (χ4n) is 3.10. The number of piperazine rings is 1. The fourth-order valence-corrected chi connectivity index (χ4v) is 3.10. The van der Waals surface area contributed by atoms with E-state index in [2.05, 4.69) is 36.0 Å². The minimum Gasteiger partial charge on any atom is -0.353 e. The molecule has 5 nitrogen and oxygen atoms in total. The van der Waals surface area contributed by atoms with Gasteiger partial charge in [-0.2, -0.15) is 0 Å². The van der Waals surface area contributed by atoms with Crippen molar-refractivity contribution in [2.75, 3.05) is 39.8 Å². The van der Waals surface area contributed by atoms with E-state index in [0.29, 0.717) is 6.54 Å². The molecule has 0 spiro atoms. The zero-order valence-electron chi connectivity index (χ0n) is 16.1. The van der Waals surface area contributed by atoms with E-state index in [-0.39, 0.29) is 42.3 Å². The molecule has 1 aromatic rings. The van der Waals surface area contributed by atoms with Gasteiger partial charge >= 0.3 is 0 Å². The Morgan fingerprint density at radius 3 is 2.15 bits per heavy atom. The topological polar surface area (TPSA) is 61.6 Å². The van der Waals surface area contributed by atoms with Crippen LogP contribution in [0.5, 0.6) is 0 Å². The van der Waals surface area contributed by atoms with Crippen LogP contribution in [0.25, 0.3) is 0 Å². The van der Waals surface area contributed by atoms with Crippen LogP contribution in [0.15, 0.2) is 30.3 Å². The van der Waals surface area contributed by atoms with Gasteiger partial charge < -0.3 is 16.0 Å². The van der Waals surface area contributed by atoms with Gasteiger partial charge in [0.25, 0.3) is 0 Å². The summed E-state index contributed by atoms with van der Waals surface area (Å²) < 4.78 is 0. The third-order valence-electron chi connectivity index (χ3n) is 5.29. The molecule has 3 N–H and O–H groups in total. The normalized spacial score (nSPS) is 16.9. The largest absolute Gasteiger partial charge is 0.353 e. The quantitative estimate of drug-likeness (QED) is 0.732. The number of carbonyl (C=O) groups is 1. The zero-order chi connectivity index (χ0) is 17.6. The molecule has 1 aliphatic rings. The minimum atomic E-state index is -0.320. The highest BCUT2D eigenvalue weighted by molar-refractivity contribution is 5.85. The van der Waals surface area contributed by atoms with E-state index in [1.54, 1.807) is 0 Å². The van der Waals surface area contributed by atoms with Gasteiger partial charge in [0, 0.05) is 38.3 Å². The van der Waals surface area contributed by atoms with Crippen molar-refractivity contribution in [3.63, 3.8) is 0 Å². The Kier molecular flexibility index (Phi) is 11.4. The lowest BCUT2D eigenvalue weighted by Gasteiger charge is -2.38. The Labute approximate surface area is 170 Å². The molecular formula is C19H34Cl2N4O. The summed E-state index contributed by atoms with van der Waals surface area (Å²) >= 11 is 0. The summed E-state index contributed by atoms with van der Waals surface area (Å²) in [6.07, 6.45) is 1.71. The average Bonchev–Trinajstić information content (AvgIpc) is 2.62. The highest BCUT2D eigenvalue weighted by Gasteiger charge is 2.31. The third kappa shape index (κ3) is 6.71. The maximum Gasteiger partial charge on any atom is 0.242 e. The first kappa shape index (κ1) is 25.1.